The molecule has 2 N–H and O–H groups in total. The molecule has 1 aliphatic heterocycles. The van der Waals surface area contributed by atoms with Gasteiger partial charge in [-0.1, -0.05) is 6.08 Å². The van der Waals surface area contributed by atoms with E-state index in [1.165, 1.54) is 4.90 Å². The van der Waals surface area contributed by atoms with Gasteiger partial charge in [-0.25, -0.2) is 4.79 Å². The monoisotopic (exact) mass is 315 g/mol. The minimum absolute atomic E-state index is 0. The van der Waals surface area contributed by atoms with E-state index in [0.717, 1.165) is 31.4 Å². The Labute approximate surface area is 132 Å². The van der Waals surface area contributed by atoms with Crippen LogP contribution in [0.2, 0.25) is 0 Å². The Morgan fingerprint density at radius 2 is 1.95 bits per heavy atom. The number of hydrogen-bond acceptors (Lipinski definition) is 3. The van der Waals surface area contributed by atoms with E-state index in [-0.39, 0.29) is 23.4 Å². The smallest absolute Gasteiger partial charge is 0.407 e. The highest BCUT2D eigenvalue weighted by Crippen LogP contribution is 2.40. The lowest BCUT2D eigenvalue weighted by atomic mass is 9.71. The number of nitrogens with one attached hydrogen (secondary N) is 1. The van der Waals surface area contributed by atoms with Crippen molar-refractivity contribution in [3.63, 3.8) is 0 Å². The Kier molecular flexibility index (Phi) is 5.68. The van der Waals surface area contributed by atoms with Gasteiger partial charge in [0.15, 0.2) is 0 Å². The van der Waals surface area contributed by atoms with Crippen LogP contribution in [0.5, 0.6) is 0 Å². The molecule has 120 valence electrons. The topological polar surface area (TPSA) is 64.9 Å². The third-order valence-electron chi connectivity index (χ3n) is 4.07. The number of hydrogen-bond donors (Lipinski definition) is 2. The predicted molar refractivity (Wildman–Crippen MR) is 87.2 cm³/mol. The van der Waals surface area contributed by atoms with Gasteiger partial charge >= 0.3 is 6.09 Å². The highest BCUT2D eigenvalue weighted by Gasteiger charge is 2.35. The van der Waals surface area contributed by atoms with E-state index in [2.05, 4.69) is 43.5 Å². The minimum Gasteiger partial charge on any atom is -0.465 e. The molecule has 0 bridgehead atoms. The van der Waals surface area contributed by atoms with E-state index in [0.29, 0.717) is 13.1 Å². The Bertz CT molecular complexity index is 433. The van der Waals surface area contributed by atoms with Crippen molar-refractivity contribution in [2.45, 2.75) is 52.0 Å². The van der Waals surface area contributed by atoms with Crippen LogP contribution in [0.3, 0.4) is 0 Å². The van der Waals surface area contributed by atoms with Crippen LogP contribution in [0.25, 0.3) is 0 Å². The fourth-order valence-electron chi connectivity index (χ4n) is 2.71. The Hall–Kier alpha value is -1.23. The molecule has 0 aromatic carbocycles. The number of allylic oxidation sites excluding steroid dienone is 2. The molecule has 0 atom stereocenters. The number of hydrazone groups is 1. The van der Waals surface area contributed by atoms with Gasteiger partial charge in [0, 0.05) is 18.6 Å². The maximum absolute atomic E-state index is 10.9. The van der Waals surface area contributed by atoms with Gasteiger partial charge < -0.3 is 15.4 Å². The van der Waals surface area contributed by atoms with Crippen molar-refractivity contribution in [3.8, 4) is 0 Å². The van der Waals surface area contributed by atoms with Crippen molar-refractivity contribution in [1.82, 2.24) is 10.3 Å². The van der Waals surface area contributed by atoms with Crippen molar-refractivity contribution in [1.29, 1.82) is 0 Å². The van der Waals surface area contributed by atoms with Crippen molar-refractivity contribution < 1.29 is 9.90 Å². The number of halogens is 1. The molecule has 2 rings (SSSR count). The maximum Gasteiger partial charge on any atom is 0.407 e. The molecule has 1 saturated heterocycles. The highest BCUT2D eigenvalue weighted by atomic mass is 35.5. The summed E-state index contributed by atoms with van der Waals surface area (Å²) in [6.07, 6.45) is 7.45. The summed E-state index contributed by atoms with van der Waals surface area (Å²) in [7, 11) is 0. The third-order valence-corrected chi connectivity index (χ3v) is 4.07. The lowest BCUT2D eigenvalue weighted by Gasteiger charge is -2.40. The van der Waals surface area contributed by atoms with Crippen LogP contribution in [0.4, 0.5) is 4.79 Å². The SMILES string of the molecule is CC(C)(C)N/N=C1\C=CC2(CC1)CCN(C(=O)O)CC2.Cl. The number of carboxylic acid groups (broad SMARTS) is 1. The number of carbonyl (C=O) groups is 1. The minimum atomic E-state index is -0.795. The standard InChI is InChI=1S/C15H25N3O2.ClH/c1-14(2,3)17-16-12-4-6-15(7-5-12)8-10-18(11-9-15)13(19)20;/h4,6,17H,5,7-11H2,1-3H3,(H,19,20);1H/b16-12+;. The van der Waals surface area contributed by atoms with Crippen LogP contribution in [-0.2, 0) is 0 Å². The molecular weight excluding hydrogens is 290 g/mol. The molecule has 2 aliphatic rings. The van der Waals surface area contributed by atoms with Gasteiger partial charge in [0.05, 0.1) is 5.71 Å². The van der Waals surface area contributed by atoms with E-state index in [1.807, 2.05) is 0 Å². The second-order valence-corrected chi connectivity index (χ2v) is 6.93. The van der Waals surface area contributed by atoms with E-state index in [4.69, 9.17) is 5.11 Å². The van der Waals surface area contributed by atoms with Gasteiger partial charge in [-0.2, -0.15) is 5.10 Å². The molecule has 1 heterocycles. The van der Waals surface area contributed by atoms with Crippen LogP contribution < -0.4 is 5.43 Å². The van der Waals surface area contributed by atoms with E-state index in [9.17, 15) is 4.79 Å². The first kappa shape index (κ1) is 17.8. The van der Waals surface area contributed by atoms with E-state index < -0.39 is 6.09 Å². The van der Waals surface area contributed by atoms with Crippen molar-refractivity contribution >= 4 is 24.2 Å². The van der Waals surface area contributed by atoms with Crippen molar-refractivity contribution in [2.75, 3.05) is 13.1 Å². The lowest BCUT2D eigenvalue weighted by molar-refractivity contribution is 0.105. The van der Waals surface area contributed by atoms with Gasteiger partial charge in [-0.3, -0.25) is 0 Å². The molecule has 1 amide bonds. The van der Waals surface area contributed by atoms with Gasteiger partial charge in [-0.15, -0.1) is 12.4 Å². The summed E-state index contributed by atoms with van der Waals surface area (Å²) in [5.41, 5.74) is 4.42. The maximum atomic E-state index is 10.9. The molecule has 0 aromatic heterocycles. The molecule has 1 aliphatic carbocycles. The zero-order valence-electron chi connectivity index (χ0n) is 13.1. The summed E-state index contributed by atoms with van der Waals surface area (Å²) in [5, 5.41) is 13.4. The number of likely N-dealkylation sites (tertiary alicyclic amines) is 1. The summed E-state index contributed by atoms with van der Waals surface area (Å²) in [6, 6.07) is 0. The third kappa shape index (κ3) is 4.92. The number of rotatable bonds is 1. The Morgan fingerprint density at radius 1 is 1.33 bits per heavy atom. The van der Waals surface area contributed by atoms with Crippen LogP contribution in [0, 0.1) is 5.41 Å². The summed E-state index contributed by atoms with van der Waals surface area (Å²) in [6.45, 7) is 7.56. The average Bonchev–Trinajstić information content (AvgIpc) is 2.38. The van der Waals surface area contributed by atoms with Crippen LogP contribution in [0.1, 0.15) is 46.5 Å². The molecule has 0 radical (unpaired) electrons. The van der Waals surface area contributed by atoms with E-state index >= 15 is 0 Å². The molecule has 1 spiro atoms. The number of nitrogens with zero attached hydrogens (tertiary/aromatic N) is 2. The number of piperidine rings is 1. The second-order valence-electron chi connectivity index (χ2n) is 6.93. The van der Waals surface area contributed by atoms with E-state index in [1.54, 1.807) is 0 Å². The summed E-state index contributed by atoms with van der Waals surface area (Å²) in [5.74, 6) is 0. The summed E-state index contributed by atoms with van der Waals surface area (Å²) < 4.78 is 0. The Balaban J connectivity index is 0.00000220. The molecule has 0 aromatic rings. The van der Waals surface area contributed by atoms with Gasteiger partial charge in [0.2, 0.25) is 0 Å². The summed E-state index contributed by atoms with van der Waals surface area (Å²) in [4.78, 5) is 12.5. The van der Waals surface area contributed by atoms with Gasteiger partial charge in [0.25, 0.3) is 0 Å². The fraction of sp³-hybridized carbons (Fsp3) is 0.733. The molecule has 1 fully saturated rings. The predicted octanol–water partition coefficient (Wildman–Crippen LogP) is 3.26. The first-order valence-corrected chi connectivity index (χ1v) is 7.31. The molecule has 6 heteroatoms. The second kappa shape index (κ2) is 6.69. The number of amides is 1. The fourth-order valence-corrected chi connectivity index (χ4v) is 2.71. The largest absolute Gasteiger partial charge is 0.465 e. The first-order chi connectivity index (χ1) is 9.30. The molecule has 5 nitrogen and oxygen atoms in total. The van der Waals surface area contributed by atoms with Crippen molar-refractivity contribution in [3.05, 3.63) is 12.2 Å². The normalized spacial score (nSPS) is 23.0. The highest BCUT2D eigenvalue weighted by molar-refractivity contribution is 5.95. The summed E-state index contributed by atoms with van der Waals surface area (Å²) >= 11 is 0. The lowest BCUT2D eigenvalue weighted by Crippen LogP contribution is -2.42. The van der Waals surface area contributed by atoms with Crippen LogP contribution in [0.15, 0.2) is 17.3 Å². The zero-order valence-corrected chi connectivity index (χ0v) is 13.9. The van der Waals surface area contributed by atoms with Crippen LogP contribution in [-0.4, -0.2) is 40.4 Å². The molecule has 21 heavy (non-hydrogen) atoms. The quantitative estimate of drug-likeness (QED) is 0.730. The van der Waals surface area contributed by atoms with Crippen molar-refractivity contribution in [2.24, 2.45) is 10.5 Å². The molecular formula is C15H26ClN3O2. The average molecular weight is 316 g/mol. The molecule has 0 saturated carbocycles. The molecule has 0 unspecified atom stereocenters. The van der Waals surface area contributed by atoms with Gasteiger partial charge in [-0.05, 0) is 57.9 Å². The van der Waals surface area contributed by atoms with Gasteiger partial charge in [0.1, 0.15) is 0 Å². The Morgan fingerprint density at radius 3 is 2.38 bits per heavy atom. The zero-order chi connectivity index (χ0) is 14.8. The van der Waals surface area contributed by atoms with Crippen LogP contribution >= 0.6 is 12.4 Å². The first-order valence-electron chi connectivity index (χ1n) is 7.31.